The van der Waals surface area contributed by atoms with Crippen molar-refractivity contribution >= 4 is 11.0 Å². The lowest BCUT2D eigenvalue weighted by atomic mass is 9.96. The predicted molar refractivity (Wildman–Crippen MR) is 91.9 cm³/mol. The Morgan fingerprint density at radius 2 is 1.79 bits per heavy atom. The third-order valence-electron chi connectivity index (χ3n) is 4.15. The molecule has 0 saturated carbocycles. The summed E-state index contributed by atoms with van der Waals surface area (Å²) in [6.07, 6.45) is -4.81. The van der Waals surface area contributed by atoms with E-state index in [9.17, 15) is 27.2 Å². The van der Waals surface area contributed by atoms with Crippen molar-refractivity contribution in [2.45, 2.75) is 32.9 Å². The first-order chi connectivity index (χ1) is 13.1. The third-order valence-corrected chi connectivity index (χ3v) is 4.15. The summed E-state index contributed by atoms with van der Waals surface area (Å²) < 4.78 is 55.6. The van der Waals surface area contributed by atoms with Crippen LogP contribution in [0.15, 0.2) is 33.9 Å². The van der Waals surface area contributed by atoms with Crippen LogP contribution in [0, 0.1) is 5.92 Å². The molecule has 2 aromatic heterocycles. The number of hydrogen-bond acceptors (Lipinski definition) is 4. The van der Waals surface area contributed by atoms with Gasteiger partial charge in [-0.3, -0.25) is 14.8 Å². The molecule has 1 unspecified atom stereocenters. The minimum atomic E-state index is -4.81. The van der Waals surface area contributed by atoms with Crippen LogP contribution in [0.4, 0.5) is 17.6 Å². The van der Waals surface area contributed by atoms with Gasteiger partial charge in [-0.1, -0.05) is 26.0 Å². The van der Waals surface area contributed by atoms with E-state index in [2.05, 4.69) is 14.8 Å². The van der Waals surface area contributed by atoms with Crippen molar-refractivity contribution in [1.82, 2.24) is 19.7 Å². The molecule has 0 saturated heterocycles. The van der Waals surface area contributed by atoms with Crippen LogP contribution < -0.4 is 16.0 Å². The average molecular weight is 400 g/mol. The number of ether oxygens (including phenoxy) is 1. The molecule has 3 rings (SSSR count). The summed E-state index contributed by atoms with van der Waals surface area (Å²) in [5.74, 6) is -0.550. The average Bonchev–Trinajstić information content (AvgIpc) is 2.93. The van der Waals surface area contributed by atoms with E-state index in [1.54, 1.807) is 0 Å². The maximum Gasteiger partial charge on any atom is 0.573 e. The highest BCUT2D eigenvalue weighted by Gasteiger charge is 2.31. The Bertz CT molecular complexity index is 1100. The molecular weight excluding hydrogens is 384 g/mol. The lowest BCUT2D eigenvalue weighted by molar-refractivity contribution is -0.274. The van der Waals surface area contributed by atoms with E-state index in [0.717, 1.165) is 12.1 Å². The number of rotatable bonds is 5. The van der Waals surface area contributed by atoms with Crippen molar-refractivity contribution in [3.63, 3.8) is 0 Å². The molecule has 1 atom stereocenters. The first-order valence-electron chi connectivity index (χ1n) is 8.26. The molecule has 0 bridgehead atoms. The molecule has 28 heavy (non-hydrogen) atoms. The fourth-order valence-corrected chi connectivity index (χ4v) is 3.11. The van der Waals surface area contributed by atoms with Gasteiger partial charge in [0.15, 0.2) is 0 Å². The molecule has 0 radical (unpaired) electrons. The minimum absolute atomic E-state index is 0.0377. The number of aromatic nitrogens is 4. The molecule has 0 aliphatic rings. The van der Waals surface area contributed by atoms with E-state index in [1.807, 2.05) is 18.8 Å². The molecule has 1 aromatic carbocycles. The summed E-state index contributed by atoms with van der Waals surface area (Å²) in [5.41, 5.74) is -1.11. The summed E-state index contributed by atoms with van der Waals surface area (Å²) in [6.45, 7) is 2.61. The molecule has 150 valence electrons. The summed E-state index contributed by atoms with van der Waals surface area (Å²) in [7, 11) is 0. The van der Waals surface area contributed by atoms with Crippen LogP contribution in [0.1, 0.15) is 31.1 Å². The molecule has 7 nitrogen and oxygen atoms in total. The monoisotopic (exact) mass is 400 g/mol. The lowest BCUT2D eigenvalue weighted by Gasteiger charge is -2.23. The Morgan fingerprint density at radius 1 is 1.14 bits per heavy atom. The fourth-order valence-electron chi connectivity index (χ4n) is 3.11. The standard InChI is InChI=1S/C17H16F4N4O3/c1-8(2)13(9-3-5-10(6-4-9)28-17(19,20)21)25-14-12(11(7-18)24-25)15(26)23-16(27)22-14/h3-6,8,13H,7H2,1-2H3,(H2,22,23,26,27). The van der Waals surface area contributed by atoms with Gasteiger partial charge in [0.25, 0.3) is 5.56 Å². The highest BCUT2D eigenvalue weighted by Crippen LogP contribution is 2.31. The number of aromatic amines is 2. The fraction of sp³-hybridized carbons (Fsp3) is 0.353. The highest BCUT2D eigenvalue weighted by atomic mass is 19.4. The number of halogens is 4. The molecule has 0 amide bonds. The van der Waals surface area contributed by atoms with Crippen molar-refractivity contribution < 1.29 is 22.3 Å². The van der Waals surface area contributed by atoms with E-state index >= 15 is 0 Å². The zero-order valence-corrected chi connectivity index (χ0v) is 14.8. The zero-order chi connectivity index (χ0) is 20.6. The van der Waals surface area contributed by atoms with Gasteiger partial charge in [-0.25, -0.2) is 13.9 Å². The van der Waals surface area contributed by atoms with Gasteiger partial charge in [-0.2, -0.15) is 5.10 Å². The molecule has 3 aromatic rings. The second-order valence-corrected chi connectivity index (χ2v) is 6.46. The quantitative estimate of drug-likeness (QED) is 0.644. The zero-order valence-electron chi connectivity index (χ0n) is 14.8. The van der Waals surface area contributed by atoms with Gasteiger partial charge in [-0.05, 0) is 23.6 Å². The van der Waals surface area contributed by atoms with Crippen LogP contribution in [0.5, 0.6) is 5.75 Å². The normalized spacial score (nSPS) is 13.2. The van der Waals surface area contributed by atoms with Gasteiger partial charge in [0, 0.05) is 0 Å². The summed E-state index contributed by atoms with van der Waals surface area (Å²) in [4.78, 5) is 28.3. The Balaban J connectivity index is 2.14. The Labute approximate surface area is 155 Å². The largest absolute Gasteiger partial charge is 0.573 e. The second kappa shape index (κ2) is 7.13. The number of nitrogens with one attached hydrogen (secondary N) is 2. The van der Waals surface area contributed by atoms with E-state index in [1.165, 1.54) is 16.8 Å². The minimum Gasteiger partial charge on any atom is -0.406 e. The van der Waals surface area contributed by atoms with E-state index < -0.39 is 36.1 Å². The number of fused-ring (bicyclic) bond motifs is 1. The Kier molecular flexibility index (Phi) is 5.01. The van der Waals surface area contributed by atoms with E-state index in [4.69, 9.17) is 0 Å². The van der Waals surface area contributed by atoms with Crippen LogP contribution in [0.3, 0.4) is 0 Å². The van der Waals surface area contributed by atoms with Crippen molar-refractivity contribution in [1.29, 1.82) is 0 Å². The lowest BCUT2D eigenvalue weighted by Crippen LogP contribution is -2.24. The van der Waals surface area contributed by atoms with Gasteiger partial charge >= 0.3 is 12.1 Å². The molecule has 0 spiro atoms. The van der Waals surface area contributed by atoms with Gasteiger partial charge < -0.3 is 4.74 Å². The number of hydrogen-bond donors (Lipinski definition) is 2. The topological polar surface area (TPSA) is 92.8 Å². The van der Waals surface area contributed by atoms with Gasteiger partial charge in [-0.15, -0.1) is 13.2 Å². The van der Waals surface area contributed by atoms with Crippen LogP contribution >= 0.6 is 0 Å². The first-order valence-corrected chi connectivity index (χ1v) is 8.26. The van der Waals surface area contributed by atoms with Crippen LogP contribution in [0.25, 0.3) is 11.0 Å². The first kappa shape index (κ1) is 19.6. The number of benzene rings is 1. The maximum atomic E-state index is 13.4. The van der Waals surface area contributed by atoms with Crippen molar-refractivity contribution in [2.75, 3.05) is 0 Å². The predicted octanol–water partition coefficient (Wildman–Crippen LogP) is 3.03. The SMILES string of the molecule is CC(C)C(c1ccc(OC(F)(F)F)cc1)n1nc(CF)c2c(=O)[nH]c(=O)[nH]c21. The molecular formula is C17H16F4N4O3. The molecule has 2 N–H and O–H groups in total. The van der Waals surface area contributed by atoms with Crippen molar-refractivity contribution in [3.8, 4) is 5.75 Å². The third kappa shape index (κ3) is 3.78. The molecule has 0 aliphatic heterocycles. The van der Waals surface area contributed by atoms with Crippen LogP contribution in [-0.2, 0) is 6.67 Å². The molecule has 2 heterocycles. The smallest absolute Gasteiger partial charge is 0.406 e. The number of alkyl halides is 4. The van der Waals surface area contributed by atoms with Crippen LogP contribution in [-0.4, -0.2) is 26.1 Å². The van der Waals surface area contributed by atoms with Gasteiger partial charge in [0.05, 0.1) is 6.04 Å². The highest BCUT2D eigenvalue weighted by molar-refractivity contribution is 5.77. The number of H-pyrrole nitrogens is 2. The Morgan fingerprint density at radius 3 is 2.32 bits per heavy atom. The van der Waals surface area contributed by atoms with Gasteiger partial charge in [0.1, 0.15) is 29.2 Å². The van der Waals surface area contributed by atoms with Crippen molar-refractivity contribution in [2.24, 2.45) is 5.92 Å². The molecule has 0 aliphatic carbocycles. The summed E-state index contributed by atoms with van der Waals surface area (Å²) in [6, 6.07) is 4.55. The van der Waals surface area contributed by atoms with Crippen LogP contribution in [0.2, 0.25) is 0 Å². The summed E-state index contributed by atoms with van der Waals surface area (Å²) >= 11 is 0. The van der Waals surface area contributed by atoms with Crippen molar-refractivity contribution in [3.05, 3.63) is 56.4 Å². The number of nitrogens with zero attached hydrogens (tertiary/aromatic N) is 2. The molecule has 11 heteroatoms. The summed E-state index contributed by atoms with van der Waals surface area (Å²) in [5, 5.41) is 4.05. The molecule has 0 fully saturated rings. The van der Waals surface area contributed by atoms with Gasteiger partial charge in [0.2, 0.25) is 0 Å². The Hall–Kier alpha value is -3.11. The second-order valence-electron chi connectivity index (χ2n) is 6.46. The van der Waals surface area contributed by atoms with E-state index in [0.29, 0.717) is 5.56 Å². The maximum absolute atomic E-state index is 13.4. The van der Waals surface area contributed by atoms with E-state index in [-0.39, 0.29) is 22.6 Å².